The highest BCUT2D eigenvalue weighted by atomic mass is 35.5. The van der Waals surface area contributed by atoms with Crippen LogP contribution < -0.4 is 4.72 Å². The van der Waals surface area contributed by atoms with Gasteiger partial charge in [0.15, 0.2) is 0 Å². The van der Waals surface area contributed by atoms with E-state index in [9.17, 15) is 21.6 Å². The number of anilines is 1. The highest BCUT2D eigenvalue weighted by molar-refractivity contribution is 7.92. The van der Waals surface area contributed by atoms with E-state index in [1.807, 2.05) is 0 Å². The second kappa shape index (κ2) is 8.54. The Balaban J connectivity index is 1.86. The molecule has 1 heterocycles. The van der Waals surface area contributed by atoms with Crippen molar-refractivity contribution >= 4 is 43.2 Å². The zero-order valence-electron chi connectivity index (χ0n) is 16.5. The summed E-state index contributed by atoms with van der Waals surface area (Å²) in [7, 11) is -4.52. The van der Waals surface area contributed by atoms with Gasteiger partial charge in [0.1, 0.15) is 0 Å². The van der Waals surface area contributed by atoms with Crippen LogP contribution in [0.15, 0.2) is 52.3 Å². The van der Waals surface area contributed by atoms with Crippen LogP contribution in [0.5, 0.6) is 0 Å². The minimum Gasteiger partial charge on any atom is -0.345 e. The van der Waals surface area contributed by atoms with E-state index >= 15 is 0 Å². The topological polar surface area (TPSA) is 104 Å². The summed E-state index contributed by atoms with van der Waals surface area (Å²) in [6, 6.07) is 9.30. The van der Waals surface area contributed by atoms with Crippen molar-refractivity contribution in [1.82, 2.24) is 9.21 Å². The minimum absolute atomic E-state index is 0.0416. The highest BCUT2D eigenvalue weighted by Crippen LogP contribution is 2.27. The number of amides is 1. The van der Waals surface area contributed by atoms with E-state index in [-0.39, 0.29) is 32.0 Å². The molecule has 162 valence electrons. The lowest BCUT2D eigenvalue weighted by Gasteiger charge is -2.16. The monoisotopic (exact) mass is 471 g/mol. The molecular formula is C19H22ClN3O5S2. The third-order valence-corrected chi connectivity index (χ3v) is 8.32. The Bertz CT molecular complexity index is 1160. The van der Waals surface area contributed by atoms with Gasteiger partial charge >= 0.3 is 0 Å². The summed E-state index contributed by atoms with van der Waals surface area (Å²) in [4.78, 5) is 13.4. The Morgan fingerprint density at radius 1 is 0.967 bits per heavy atom. The van der Waals surface area contributed by atoms with Crippen molar-refractivity contribution in [1.29, 1.82) is 0 Å². The molecule has 0 aromatic heterocycles. The molecule has 0 spiro atoms. The second-order valence-electron chi connectivity index (χ2n) is 7.08. The van der Waals surface area contributed by atoms with Gasteiger partial charge in [0.25, 0.3) is 15.9 Å². The molecule has 0 unspecified atom stereocenters. The first kappa shape index (κ1) is 22.5. The van der Waals surface area contributed by atoms with Gasteiger partial charge in [-0.25, -0.2) is 16.8 Å². The number of rotatable bonds is 6. The maximum atomic E-state index is 12.8. The van der Waals surface area contributed by atoms with E-state index < -0.39 is 20.0 Å². The van der Waals surface area contributed by atoms with Crippen LogP contribution in [0.1, 0.15) is 23.2 Å². The first-order valence-corrected chi connectivity index (χ1v) is 12.5. The normalized spacial score (nSPS) is 15.2. The van der Waals surface area contributed by atoms with Crippen molar-refractivity contribution in [2.75, 3.05) is 31.9 Å². The van der Waals surface area contributed by atoms with Gasteiger partial charge in [-0.1, -0.05) is 11.6 Å². The molecule has 0 aliphatic carbocycles. The van der Waals surface area contributed by atoms with Crippen LogP contribution in [0.4, 0.5) is 5.69 Å². The Kier molecular flexibility index (Phi) is 6.42. The van der Waals surface area contributed by atoms with Crippen LogP contribution in [-0.2, 0) is 20.0 Å². The maximum Gasteiger partial charge on any atom is 0.261 e. The van der Waals surface area contributed by atoms with E-state index in [4.69, 9.17) is 11.6 Å². The zero-order chi connectivity index (χ0) is 22.1. The predicted molar refractivity (Wildman–Crippen MR) is 115 cm³/mol. The summed E-state index contributed by atoms with van der Waals surface area (Å²) in [5, 5.41) is 0.127. The minimum atomic E-state index is -4.05. The van der Waals surface area contributed by atoms with Crippen molar-refractivity contribution in [2.24, 2.45) is 0 Å². The molecule has 1 fully saturated rings. The summed E-state index contributed by atoms with van der Waals surface area (Å²) in [5.74, 6) is -0.302. The quantitative estimate of drug-likeness (QED) is 0.697. The molecule has 11 heteroatoms. The molecule has 1 amide bonds. The molecular weight excluding hydrogens is 450 g/mol. The van der Waals surface area contributed by atoms with Crippen LogP contribution in [0.25, 0.3) is 0 Å². The van der Waals surface area contributed by atoms with Crippen molar-refractivity contribution in [3.63, 3.8) is 0 Å². The van der Waals surface area contributed by atoms with Gasteiger partial charge in [0.2, 0.25) is 10.0 Å². The van der Waals surface area contributed by atoms with Crippen molar-refractivity contribution < 1.29 is 21.6 Å². The Labute approximate surface area is 181 Å². The van der Waals surface area contributed by atoms with Gasteiger partial charge in [0.05, 0.1) is 20.5 Å². The number of carbonyl (C=O) groups excluding carboxylic acids is 1. The number of halogens is 1. The first-order valence-electron chi connectivity index (χ1n) is 9.16. The molecule has 1 N–H and O–H groups in total. The van der Waals surface area contributed by atoms with Gasteiger partial charge in [0, 0.05) is 32.7 Å². The number of hydrogen-bond acceptors (Lipinski definition) is 5. The number of sulfonamides is 2. The fourth-order valence-electron chi connectivity index (χ4n) is 3.07. The van der Waals surface area contributed by atoms with Crippen molar-refractivity contribution in [3.8, 4) is 0 Å². The van der Waals surface area contributed by atoms with Gasteiger partial charge < -0.3 is 4.90 Å². The molecule has 0 bridgehead atoms. The molecule has 2 aromatic rings. The summed E-state index contributed by atoms with van der Waals surface area (Å²) < 4.78 is 54.5. The lowest BCUT2D eigenvalue weighted by molar-refractivity contribution is 0.0827. The molecule has 0 atom stereocenters. The van der Waals surface area contributed by atoms with Gasteiger partial charge in [-0.05, 0) is 55.3 Å². The first-order chi connectivity index (χ1) is 14.0. The predicted octanol–water partition coefficient (Wildman–Crippen LogP) is 2.63. The van der Waals surface area contributed by atoms with Gasteiger partial charge in [-0.3, -0.25) is 9.52 Å². The molecule has 1 aliphatic heterocycles. The smallest absolute Gasteiger partial charge is 0.261 e. The fraction of sp³-hybridized carbons (Fsp3) is 0.316. The largest absolute Gasteiger partial charge is 0.345 e. The van der Waals surface area contributed by atoms with Gasteiger partial charge in [-0.2, -0.15) is 4.31 Å². The third-order valence-electron chi connectivity index (χ3n) is 4.70. The molecule has 1 aliphatic rings. The lowest BCUT2D eigenvalue weighted by atomic mass is 10.2. The van der Waals surface area contributed by atoms with E-state index in [0.29, 0.717) is 13.1 Å². The maximum absolute atomic E-state index is 12.8. The number of carbonyl (C=O) groups is 1. The number of hydrogen-bond donors (Lipinski definition) is 1. The van der Waals surface area contributed by atoms with E-state index in [2.05, 4.69) is 4.72 Å². The Morgan fingerprint density at radius 2 is 1.53 bits per heavy atom. The third kappa shape index (κ3) is 4.61. The summed E-state index contributed by atoms with van der Waals surface area (Å²) in [6.07, 6.45) is 1.62. The number of benzene rings is 2. The summed E-state index contributed by atoms with van der Waals surface area (Å²) in [6.45, 7) is 0.925. The van der Waals surface area contributed by atoms with Crippen LogP contribution in [0.3, 0.4) is 0 Å². The SMILES string of the molecule is CN(C)C(=O)c1ccc(Cl)c(NS(=O)(=O)c2ccc(S(=O)(=O)N3CCCC3)cc2)c1. The van der Waals surface area contributed by atoms with E-state index in [0.717, 1.165) is 12.8 Å². The standard InChI is InChI=1S/C19H22ClN3O5S2/c1-22(2)19(24)14-5-10-17(20)18(13-14)21-29(25,26)15-6-8-16(9-7-15)30(27,28)23-11-3-4-12-23/h5-10,13,21H,3-4,11-12H2,1-2H3. The second-order valence-corrected chi connectivity index (χ2v) is 11.1. The average Bonchev–Trinajstić information content (AvgIpc) is 3.25. The number of nitrogens with zero attached hydrogens (tertiary/aromatic N) is 2. The van der Waals surface area contributed by atoms with Crippen LogP contribution in [0.2, 0.25) is 5.02 Å². The zero-order valence-corrected chi connectivity index (χ0v) is 18.9. The van der Waals surface area contributed by atoms with Crippen molar-refractivity contribution in [3.05, 3.63) is 53.1 Å². The molecule has 30 heavy (non-hydrogen) atoms. The Morgan fingerprint density at radius 3 is 2.10 bits per heavy atom. The number of nitrogens with one attached hydrogen (secondary N) is 1. The van der Waals surface area contributed by atoms with Crippen LogP contribution in [-0.4, -0.2) is 59.1 Å². The summed E-state index contributed by atoms with van der Waals surface area (Å²) in [5.41, 5.74) is 0.326. The lowest BCUT2D eigenvalue weighted by Crippen LogP contribution is -2.27. The molecule has 0 saturated carbocycles. The van der Waals surface area contributed by atoms with Crippen LogP contribution >= 0.6 is 11.6 Å². The average molecular weight is 472 g/mol. The van der Waals surface area contributed by atoms with E-state index in [1.54, 1.807) is 14.1 Å². The van der Waals surface area contributed by atoms with Gasteiger partial charge in [-0.15, -0.1) is 0 Å². The van der Waals surface area contributed by atoms with Crippen molar-refractivity contribution in [2.45, 2.75) is 22.6 Å². The fourth-order valence-corrected chi connectivity index (χ4v) is 5.88. The van der Waals surface area contributed by atoms with E-state index in [1.165, 1.54) is 51.7 Å². The Hall–Kier alpha value is -2.14. The molecule has 3 rings (SSSR count). The molecule has 8 nitrogen and oxygen atoms in total. The molecule has 1 saturated heterocycles. The summed E-state index contributed by atoms with van der Waals surface area (Å²) >= 11 is 6.10. The van der Waals surface area contributed by atoms with Crippen LogP contribution in [0, 0.1) is 0 Å². The highest BCUT2D eigenvalue weighted by Gasteiger charge is 2.27. The molecule has 0 radical (unpaired) electrons. The molecule has 2 aromatic carbocycles.